The topological polar surface area (TPSA) is 63.0 Å². The molecule has 1 heterocycles. The molecule has 2 rings (SSSR count). The van der Waals surface area contributed by atoms with Gasteiger partial charge in [0.1, 0.15) is 11.1 Å². The normalized spacial score (nSPS) is 11.5. The van der Waals surface area contributed by atoms with Gasteiger partial charge in [0.2, 0.25) is 0 Å². The summed E-state index contributed by atoms with van der Waals surface area (Å²) in [5.74, 6) is -0.715. The summed E-state index contributed by atoms with van der Waals surface area (Å²) in [5, 5.41) is 8.95. The number of aromatic nitrogens is 1. The molecule has 1 aromatic heterocycles. The Bertz CT molecular complexity index is 698. The first-order chi connectivity index (χ1) is 10.6. The number of pyridine rings is 1. The molecule has 0 aliphatic heterocycles. The summed E-state index contributed by atoms with van der Waals surface area (Å²) in [6.07, 6.45) is 1.91. The van der Waals surface area contributed by atoms with Crippen LogP contribution in [0.2, 0.25) is 0 Å². The van der Waals surface area contributed by atoms with Crippen LogP contribution in [0.4, 0.5) is 4.39 Å². The number of nitrogens with zero attached hydrogens (tertiary/aromatic N) is 2. The Kier molecular flexibility index (Phi) is 5.50. The zero-order valence-corrected chi connectivity index (χ0v) is 12.6. The van der Waals surface area contributed by atoms with Gasteiger partial charge in [-0.1, -0.05) is 23.9 Å². The Morgan fingerprint density at radius 3 is 2.77 bits per heavy atom. The van der Waals surface area contributed by atoms with E-state index >= 15 is 0 Å². The molecule has 0 aliphatic rings. The maximum atomic E-state index is 12.9. The molecule has 0 bridgehead atoms. The zero-order valence-electron chi connectivity index (χ0n) is 11.8. The lowest BCUT2D eigenvalue weighted by atomic mass is 10.1. The van der Waals surface area contributed by atoms with E-state index in [1.54, 1.807) is 24.3 Å². The van der Waals surface area contributed by atoms with Crippen LogP contribution in [-0.4, -0.2) is 23.3 Å². The van der Waals surface area contributed by atoms with Crippen molar-refractivity contribution in [3.8, 4) is 6.07 Å². The van der Waals surface area contributed by atoms with E-state index in [9.17, 15) is 9.18 Å². The summed E-state index contributed by atoms with van der Waals surface area (Å²) in [6.45, 7) is 0. The van der Waals surface area contributed by atoms with Crippen LogP contribution in [0.5, 0.6) is 0 Å². The highest BCUT2D eigenvalue weighted by atomic mass is 32.2. The Labute approximate surface area is 131 Å². The summed E-state index contributed by atoms with van der Waals surface area (Å²) < 4.78 is 17.8. The Balaban J connectivity index is 2.17. The van der Waals surface area contributed by atoms with Crippen LogP contribution in [0.25, 0.3) is 0 Å². The van der Waals surface area contributed by atoms with Crippen LogP contribution in [0.15, 0.2) is 47.6 Å². The van der Waals surface area contributed by atoms with Gasteiger partial charge in [-0.15, -0.1) is 0 Å². The van der Waals surface area contributed by atoms with E-state index in [0.29, 0.717) is 17.0 Å². The van der Waals surface area contributed by atoms with Crippen molar-refractivity contribution in [3.05, 3.63) is 59.5 Å². The molecule has 0 amide bonds. The molecule has 0 aliphatic carbocycles. The van der Waals surface area contributed by atoms with Crippen molar-refractivity contribution < 1.29 is 13.9 Å². The molecule has 0 fully saturated rings. The molecule has 0 saturated heterocycles. The Morgan fingerprint density at radius 2 is 2.14 bits per heavy atom. The third-order valence-corrected chi connectivity index (χ3v) is 4.03. The first kappa shape index (κ1) is 16.0. The molecule has 0 radical (unpaired) electrons. The van der Waals surface area contributed by atoms with E-state index in [1.807, 2.05) is 6.07 Å². The highest BCUT2D eigenvalue weighted by Gasteiger charge is 2.22. The largest absolute Gasteiger partial charge is 0.468 e. The molecule has 0 N–H and O–H groups in total. The molecule has 0 spiro atoms. The number of hydrogen-bond acceptors (Lipinski definition) is 5. The Hall–Kier alpha value is -2.39. The summed E-state index contributed by atoms with van der Waals surface area (Å²) in [6, 6.07) is 11.2. The van der Waals surface area contributed by atoms with Crippen molar-refractivity contribution in [3.63, 3.8) is 0 Å². The smallest absolute Gasteiger partial charge is 0.319 e. The fraction of sp³-hybridized carbons (Fsp3) is 0.188. The maximum absolute atomic E-state index is 12.9. The van der Waals surface area contributed by atoms with Gasteiger partial charge in [0.15, 0.2) is 0 Å². The number of nitriles is 1. The quantitative estimate of drug-likeness (QED) is 0.627. The molecular weight excluding hydrogens is 303 g/mol. The van der Waals surface area contributed by atoms with Crippen molar-refractivity contribution in [1.29, 1.82) is 5.26 Å². The van der Waals surface area contributed by atoms with Crippen molar-refractivity contribution in [1.82, 2.24) is 4.98 Å². The second kappa shape index (κ2) is 7.57. The first-order valence-corrected chi connectivity index (χ1v) is 7.35. The molecule has 112 valence electrons. The lowest BCUT2D eigenvalue weighted by Crippen LogP contribution is -2.21. The number of rotatable bonds is 5. The number of carbonyl (C=O) groups is 1. The van der Waals surface area contributed by atoms with E-state index < -0.39 is 11.2 Å². The molecule has 1 atom stereocenters. The molecule has 4 nitrogen and oxygen atoms in total. The molecule has 1 unspecified atom stereocenters. The summed E-state index contributed by atoms with van der Waals surface area (Å²) in [5.41, 5.74) is 1.30. The number of benzene rings is 1. The second-order valence-electron chi connectivity index (χ2n) is 4.45. The maximum Gasteiger partial charge on any atom is 0.319 e. The van der Waals surface area contributed by atoms with Gasteiger partial charge in [-0.05, 0) is 36.2 Å². The lowest BCUT2D eigenvalue weighted by Gasteiger charge is -2.14. The molecule has 2 aromatic rings. The molecule has 1 aromatic carbocycles. The number of ether oxygens (including phenoxy) is 1. The molecular formula is C16H13FN2O2S. The van der Waals surface area contributed by atoms with Gasteiger partial charge < -0.3 is 4.74 Å². The molecule has 6 heteroatoms. The highest BCUT2D eigenvalue weighted by Crippen LogP contribution is 2.26. The van der Waals surface area contributed by atoms with Gasteiger partial charge in [0, 0.05) is 6.20 Å². The van der Waals surface area contributed by atoms with E-state index in [0.717, 1.165) is 5.56 Å². The van der Waals surface area contributed by atoms with Crippen molar-refractivity contribution in [2.75, 3.05) is 7.11 Å². The monoisotopic (exact) mass is 316 g/mol. The average molecular weight is 316 g/mol. The van der Waals surface area contributed by atoms with E-state index in [4.69, 9.17) is 10.00 Å². The SMILES string of the molecule is COC(=O)C(Cc1ccc(F)cc1)Sc1cc(C#N)ccn1. The van der Waals surface area contributed by atoms with Gasteiger partial charge in [-0.25, -0.2) is 9.37 Å². The fourth-order valence-electron chi connectivity index (χ4n) is 1.83. The average Bonchev–Trinajstić information content (AvgIpc) is 2.55. The number of thioether (sulfide) groups is 1. The highest BCUT2D eigenvalue weighted by molar-refractivity contribution is 8.00. The van der Waals surface area contributed by atoms with Gasteiger partial charge in [-0.2, -0.15) is 5.26 Å². The van der Waals surface area contributed by atoms with Crippen LogP contribution in [0, 0.1) is 17.1 Å². The minimum atomic E-state index is -0.517. The van der Waals surface area contributed by atoms with E-state index in [-0.39, 0.29) is 5.82 Å². The van der Waals surface area contributed by atoms with Crippen molar-refractivity contribution in [2.45, 2.75) is 16.7 Å². The molecule has 22 heavy (non-hydrogen) atoms. The van der Waals surface area contributed by atoms with E-state index in [1.165, 1.54) is 37.2 Å². The van der Waals surface area contributed by atoms with Gasteiger partial charge >= 0.3 is 5.97 Å². The second-order valence-corrected chi connectivity index (χ2v) is 5.68. The van der Waals surface area contributed by atoms with Crippen LogP contribution in [0.1, 0.15) is 11.1 Å². The summed E-state index contributed by atoms with van der Waals surface area (Å²) in [4.78, 5) is 16.1. The fourth-order valence-corrected chi connectivity index (χ4v) is 2.90. The van der Waals surface area contributed by atoms with E-state index in [2.05, 4.69) is 4.98 Å². The van der Waals surface area contributed by atoms with Gasteiger partial charge in [-0.3, -0.25) is 4.79 Å². The summed E-state index contributed by atoms with van der Waals surface area (Å²) >= 11 is 1.22. The van der Waals surface area contributed by atoms with Crippen molar-refractivity contribution in [2.24, 2.45) is 0 Å². The van der Waals surface area contributed by atoms with Gasteiger partial charge in [0.05, 0.1) is 23.8 Å². The number of esters is 1. The minimum absolute atomic E-state index is 0.325. The predicted octanol–water partition coefficient (Wildman–Crippen LogP) is 2.97. The van der Waals surface area contributed by atoms with Crippen LogP contribution in [0.3, 0.4) is 0 Å². The van der Waals surface area contributed by atoms with Gasteiger partial charge in [0.25, 0.3) is 0 Å². The lowest BCUT2D eigenvalue weighted by molar-refractivity contribution is -0.139. The number of halogens is 1. The third-order valence-electron chi connectivity index (χ3n) is 2.93. The molecule has 0 saturated carbocycles. The number of hydrogen-bond donors (Lipinski definition) is 0. The minimum Gasteiger partial charge on any atom is -0.468 e. The van der Waals surface area contributed by atoms with Crippen LogP contribution in [-0.2, 0) is 16.0 Å². The van der Waals surface area contributed by atoms with Crippen LogP contribution >= 0.6 is 11.8 Å². The first-order valence-electron chi connectivity index (χ1n) is 6.47. The van der Waals surface area contributed by atoms with Crippen LogP contribution < -0.4 is 0 Å². The standard InChI is InChI=1S/C16H13FN2O2S/c1-21-16(20)14(8-11-2-4-13(17)5-3-11)22-15-9-12(10-18)6-7-19-15/h2-7,9,14H,8H2,1H3. The predicted molar refractivity (Wildman–Crippen MR) is 80.7 cm³/mol. The third kappa shape index (κ3) is 4.30. The Morgan fingerprint density at radius 1 is 1.41 bits per heavy atom. The van der Waals surface area contributed by atoms with Crippen molar-refractivity contribution >= 4 is 17.7 Å². The zero-order chi connectivity index (χ0) is 15.9. The number of carbonyl (C=O) groups excluding carboxylic acids is 1. The number of methoxy groups -OCH3 is 1. The summed E-state index contributed by atoms with van der Waals surface area (Å²) in [7, 11) is 1.32.